The summed E-state index contributed by atoms with van der Waals surface area (Å²) in [4.78, 5) is 4.86. The van der Waals surface area contributed by atoms with Crippen LogP contribution in [0, 0.1) is 0 Å². The molecule has 146 valence electrons. The Balaban J connectivity index is 1.72. The predicted octanol–water partition coefficient (Wildman–Crippen LogP) is 4.61. The minimum absolute atomic E-state index is 0.519. The van der Waals surface area contributed by atoms with Crippen LogP contribution in [0.25, 0.3) is 10.8 Å². The van der Waals surface area contributed by atoms with E-state index in [1.165, 1.54) is 49.3 Å². The van der Waals surface area contributed by atoms with Gasteiger partial charge in [0.05, 0.1) is 6.54 Å². The van der Waals surface area contributed by atoms with Gasteiger partial charge in [0.2, 0.25) is 0 Å². The zero-order chi connectivity index (χ0) is 18.7. The van der Waals surface area contributed by atoms with Crippen molar-refractivity contribution >= 4 is 34.2 Å². The molecule has 4 nitrogen and oxygen atoms in total. The molecule has 5 heteroatoms. The molecule has 1 fully saturated rings. The molecule has 0 aromatic heterocycles. The van der Waals surface area contributed by atoms with Gasteiger partial charge in [0, 0.05) is 35.2 Å². The average molecular weight is 385 g/mol. The van der Waals surface area contributed by atoms with E-state index in [0.29, 0.717) is 6.04 Å². The molecule has 0 aliphatic heterocycles. The van der Waals surface area contributed by atoms with Crippen molar-refractivity contribution in [2.75, 3.05) is 29.9 Å². The number of benzene rings is 2. The summed E-state index contributed by atoms with van der Waals surface area (Å²) in [7, 11) is 0. The van der Waals surface area contributed by atoms with Crippen LogP contribution >= 0.6 is 11.8 Å². The Bertz CT molecular complexity index is 718. The fraction of sp³-hybridized carbons (Fsp3) is 0.500. The summed E-state index contributed by atoms with van der Waals surface area (Å²) in [6, 6.07) is 15.4. The molecule has 1 aliphatic rings. The Morgan fingerprint density at radius 1 is 1.00 bits per heavy atom. The fourth-order valence-corrected chi connectivity index (χ4v) is 4.20. The van der Waals surface area contributed by atoms with Crippen LogP contribution in [0.1, 0.15) is 38.5 Å². The molecule has 1 saturated carbocycles. The Morgan fingerprint density at radius 3 is 2.59 bits per heavy atom. The highest BCUT2D eigenvalue weighted by Gasteiger charge is 2.14. The Kier molecular flexibility index (Phi) is 8.31. The van der Waals surface area contributed by atoms with Gasteiger partial charge in [-0.3, -0.25) is 4.99 Å². The van der Waals surface area contributed by atoms with Crippen molar-refractivity contribution in [1.82, 2.24) is 5.32 Å². The largest absolute Gasteiger partial charge is 0.353 e. The summed E-state index contributed by atoms with van der Waals surface area (Å²) < 4.78 is 0. The van der Waals surface area contributed by atoms with Crippen molar-refractivity contribution in [2.45, 2.75) is 44.6 Å². The molecule has 2 aromatic carbocycles. The number of anilines is 1. The van der Waals surface area contributed by atoms with E-state index in [1.54, 1.807) is 0 Å². The van der Waals surface area contributed by atoms with Gasteiger partial charge >= 0.3 is 0 Å². The topological polar surface area (TPSA) is 62.4 Å². The number of aliphatic imine (C=N–C) groups is 1. The number of hydrogen-bond acceptors (Lipinski definition) is 3. The summed E-state index contributed by atoms with van der Waals surface area (Å²) in [6.07, 6.45) is 7.81. The van der Waals surface area contributed by atoms with Gasteiger partial charge in [-0.1, -0.05) is 62.1 Å². The van der Waals surface area contributed by atoms with E-state index in [9.17, 15) is 0 Å². The number of thioether (sulfide) groups is 1. The lowest BCUT2D eigenvalue weighted by Crippen LogP contribution is -2.39. The van der Waals surface area contributed by atoms with Crippen LogP contribution in [0.4, 0.5) is 5.69 Å². The van der Waals surface area contributed by atoms with Crippen LogP contribution in [0.5, 0.6) is 0 Å². The van der Waals surface area contributed by atoms with Crippen molar-refractivity contribution in [1.29, 1.82) is 0 Å². The fourth-order valence-electron chi connectivity index (χ4n) is 3.61. The Labute approximate surface area is 167 Å². The van der Waals surface area contributed by atoms with Gasteiger partial charge in [0.15, 0.2) is 5.96 Å². The van der Waals surface area contributed by atoms with Crippen molar-refractivity contribution in [3.63, 3.8) is 0 Å². The number of fused-ring (bicyclic) bond motifs is 1. The van der Waals surface area contributed by atoms with E-state index in [2.05, 4.69) is 53.1 Å². The molecule has 0 saturated heterocycles. The lowest BCUT2D eigenvalue weighted by Gasteiger charge is -2.21. The van der Waals surface area contributed by atoms with Gasteiger partial charge in [-0.2, -0.15) is 11.8 Å². The lowest BCUT2D eigenvalue weighted by molar-refractivity contribution is 0.532. The molecule has 0 spiro atoms. The maximum Gasteiger partial charge on any atom is 0.196 e. The van der Waals surface area contributed by atoms with Crippen LogP contribution < -0.4 is 16.4 Å². The highest BCUT2D eigenvalue weighted by atomic mass is 32.2. The third-order valence-corrected chi connectivity index (χ3v) is 6.00. The second-order valence-corrected chi connectivity index (χ2v) is 8.34. The molecule has 4 N–H and O–H groups in total. The second kappa shape index (κ2) is 11.2. The third-order valence-electron chi connectivity index (χ3n) is 5.01. The molecule has 0 atom stereocenters. The first-order valence-corrected chi connectivity index (χ1v) is 11.4. The van der Waals surface area contributed by atoms with Gasteiger partial charge in [-0.05, 0) is 24.3 Å². The molecule has 27 heavy (non-hydrogen) atoms. The molecule has 0 bridgehead atoms. The predicted molar refractivity (Wildman–Crippen MR) is 121 cm³/mol. The van der Waals surface area contributed by atoms with Crippen LogP contribution in [0.15, 0.2) is 47.5 Å². The first-order chi connectivity index (χ1) is 13.4. The number of guanidine groups is 1. The van der Waals surface area contributed by atoms with E-state index in [-0.39, 0.29) is 0 Å². The maximum atomic E-state index is 5.58. The van der Waals surface area contributed by atoms with E-state index >= 15 is 0 Å². The van der Waals surface area contributed by atoms with Crippen LogP contribution in [-0.4, -0.2) is 36.6 Å². The van der Waals surface area contributed by atoms with Gasteiger partial charge in [-0.15, -0.1) is 0 Å². The summed E-state index contributed by atoms with van der Waals surface area (Å²) in [5.41, 5.74) is 6.70. The van der Waals surface area contributed by atoms with E-state index in [4.69, 9.17) is 10.7 Å². The van der Waals surface area contributed by atoms with Crippen molar-refractivity contribution in [3.05, 3.63) is 42.5 Å². The minimum Gasteiger partial charge on any atom is -0.353 e. The van der Waals surface area contributed by atoms with Crippen LogP contribution in [0.2, 0.25) is 0 Å². The smallest absolute Gasteiger partial charge is 0.196 e. The van der Waals surface area contributed by atoms with Crippen LogP contribution in [-0.2, 0) is 0 Å². The molecule has 2 aromatic rings. The molecule has 0 amide bonds. The SMILES string of the molecule is NCCSCCN=C(Nc1cccc2ccccc12)NC1CCCCCC1. The molecule has 1 aliphatic carbocycles. The number of hydrogen-bond donors (Lipinski definition) is 3. The highest BCUT2D eigenvalue weighted by Crippen LogP contribution is 2.23. The van der Waals surface area contributed by atoms with E-state index < -0.39 is 0 Å². The third kappa shape index (κ3) is 6.43. The molecular formula is C22H32N4S. The van der Waals surface area contributed by atoms with Crippen molar-refractivity contribution in [3.8, 4) is 0 Å². The highest BCUT2D eigenvalue weighted by molar-refractivity contribution is 7.99. The number of nitrogens with one attached hydrogen (secondary N) is 2. The standard InChI is InChI=1S/C22H32N4S/c23-14-16-27-17-15-24-22(25-19-10-3-1-2-4-11-19)26-21-13-7-9-18-8-5-6-12-20(18)21/h5-9,12-13,19H,1-4,10-11,14-17,23H2,(H2,24,25,26). The zero-order valence-electron chi connectivity index (χ0n) is 16.1. The lowest BCUT2D eigenvalue weighted by atomic mass is 10.1. The molecule has 3 rings (SSSR count). The van der Waals surface area contributed by atoms with Gasteiger partial charge < -0.3 is 16.4 Å². The number of nitrogens with two attached hydrogens (primary N) is 1. The molecule has 0 unspecified atom stereocenters. The number of rotatable bonds is 7. The minimum atomic E-state index is 0.519. The summed E-state index contributed by atoms with van der Waals surface area (Å²) in [6.45, 7) is 1.54. The van der Waals surface area contributed by atoms with Crippen molar-refractivity contribution < 1.29 is 0 Å². The van der Waals surface area contributed by atoms with Crippen LogP contribution in [0.3, 0.4) is 0 Å². The van der Waals surface area contributed by atoms with Crippen molar-refractivity contribution in [2.24, 2.45) is 10.7 Å². The summed E-state index contributed by atoms with van der Waals surface area (Å²) in [5, 5.41) is 9.77. The van der Waals surface area contributed by atoms with E-state index in [1.807, 2.05) is 11.8 Å². The first-order valence-electron chi connectivity index (χ1n) is 10.2. The van der Waals surface area contributed by atoms with Gasteiger partial charge in [0.1, 0.15) is 0 Å². The Hall–Kier alpha value is -1.72. The second-order valence-electron chi connectivity index (χ2n) is 7.12. The molecule has 0 heterocycles. The normalized spacial score (nSPS) is 16.3. The zero-order valence-corrected chi connectivity index (χ0v) is 16.9. The van der Waals surface area contributed by atoms with Gasteiger partial charge in [-0.25, -0.2) is 0 Å². The molecular weight excluding hydrogens is 352 g/mol. The molecule has 0 radical (unpaired) electrons. The Morgan fingerprint density at radius 2 is 1.78 bits per heavy atom. The maximum absolute atomic E-state index is 5.58. The average Bonchev–Trinajstić information content (AvgIpc) is 2.97. The monoisotopic (exact) mass is 384 g/mol. The van der Waals surface area contributed by atoms with E-state index in [0.717, 1.165) is 36.2 Å². The van der Waals surface area contributed by atoms with Gasteiger partial charge in [0.25, 0.3) is 0 Å². The summed E-state index contributed by atoms with van der Waals surface area (Å²) >= 11 is 1.87. The first kappa shape index (κ1) is 20.0. The quantitative estimate of drug-likeness (QED) is 0.282. The number of nitrogens with zero attached hydrogens (tertiary/aromatic N) is 1. The summed E-state index contributed by atoms with van der Waals surface area (Å²) in [5.74, 6) is 2.91.